The lowest BCUT2D eigenvalue weighted by Crippen LogP contribution is -2.47. The van der Waals surface area contributed by atoms with Gasteiger partial charge in [0.25, 0.3) is 11.8 Å². The zero-order valence-corrected chi connectivity index (χ0v) is 14.3. The monoisotopic (exact) mass is 363 g/mol. The third kappa shape index (κ3) is 4.24. The van der Waals surface area contributed by atoms with Gasteiger partial charge in [-0.1, -0.05) is 24.3 Å². The summed E-state index contributed by atoms with van der Waals surface area (Å²) in [7, 11) is 0. The van der Waals surface area contributed by atoms with E-state index >= 15 is 0 Å². The number of para-hydroxylation sites is 1. The van der Waals surface area contributed by atoms with Gasteiger partial charge in [-0.2, -0.15) is 5.10 Å². The second-order valence-electron chi connectivity index (χ2n) is 5.78. The van der Waals surface area contributed by atoms with E-state index in [4.69, 9.17) is 5.73 Å². The molecule has 0 bridgehead atoms. The predicted molar refractivity (Wildman–Crippen MR) is 97.0 cm³/mol. The summed E-state index contributed by atoms with van der Waals surface area (Å²) in [6.07, 6.45) is 4.72. The Hall–Kier alpha value is -3.81. The van der Waals surface area contributed by atoms with Gasteiger partial charge in [0.2, 0.25) is 5.78 Å². The molecule has 136 valence electrons. The smallest absolute Gasteiger partial charge is 0.287 e. The van der Waals surface area contributed by atoms with Crippen LogP contribution in [0, 0.1) is 0 Å². The Kier molecular flexibility index (Phi) is 5.36. The van der Waals surface area contributed by atoms with Crippen LogP contribution in [0.5, 0.6) is 0 Å². The fourth-order valence-electron chi connectivity index (χ4n) is 2.62. The first-order chi connectivity index (χ1) is 13.1. The van der Waals surface area contributed by atoms with Crippen molar-refractivity contribution in [3.8, 4) is 5.69 Å². The van der Waals surface area contributed by atoms with Gasteiger partial charge in [0.1, 0.15) is 11.7 Å². The summed E-state index contributed by atoms with van der Waals surface area (Å²) >= 11 is 0. The Morgan fingerprint density at radius 1 is 1.04 bits per heavy atom. The molecule has 0 spiro atoms. The summed E-state index contributed by atoms with van der Waals surface area (Å²) in [6.45, 7) is 0. The maximum atomic E-state index is 12.7. The molecule has 2 amide bonds. The van der Waals surface area contributed by atoms with Crippen LogP contribution in [0.1, 0.15) is 16.1 Å². The lowest BCUT2D eigenvalue weighted by Gasteiger charge is -2.16. The minimum Gasteiger partial charge on any atom is -0.363 e. The van der Waals surface area contributed by atoms with E-state index in [0.29, 0.717) is 11.3 Å². The van der Waals surface area contributed by atoms with E-state index in [9.17, 15) is 14.4 Å². The average Bonchev–Trinajstić information content (AvgIpc) is 3.18. The molecule has 0 aliphatic carbocycles. The summed E-state index contributed by atoms with van der Waals surface area (Å²) < 4.78 is 1.45. The summed E-state index contributed by atoms with van der Waals surface area (Å²) in [5.41, 5.74) is 6.75. The van der Waals surface area contributed by atoms with Gasteiger partial charge < -0.3 is 11.1 Å². The van der Waals surface area contributed by atoms with E-state index in [1.165, 1.54) is 16.9 Å². The van der Waals surface area contributed by atoms with Gasteiger partial charge in [0.15, 0.2) is 0 Å². The molecule has 3 rings (SSSR count). The second kappa shape index (κ2) is 8.05. The van der Waals surface area contributed by atoms with Crippen molar-refractivity contribution in [2.24, 2.45) is 5.73 Å². The van der Waals surface area contributed by atoms with Crippen LogP contribution in [-0.4, -0.2) is 38.4 Å². The van der Waals surface area contributed by atoms with Crippen LogP contribution in [0.3, 0.4) is 0 Å². The second-order valence-corrected chi connectivity index (χ2v) is 5.78. The van der Waals surface area contributed by atoms with Crippen LogP contribution in [0.25, 0.3) is 5.69 Å². The highest BCUT2D eigenvalue weighted by molar-refractivity contribution is 6.38. The van der Waals surface area contributed by atoms with Crippen LogP contribution in [0.4, 0.5) is 0 Å². The van der Waals surface area contributed by atoms with Crippen LogP contribution < -0.4 is 11.1 Å². The number of nitrogens with two attached hydrogens (primary N) is 1. The summed E-state index contributed by atoms with van der Waals surface area (Å²) in [5.74, 6) is -2.53. The summed E-state index contributed by atoms with van der Waals surface area (Å²) in [4.78, 5) is 40.3. The molecule has 0 saturated heterocycles. The number of amides is 2. The molecular formula is C19H17N5O3. The van der Waals surface area contributed by atoms with Crippen molar-refractivity contribution in [3.05, 3.63) is 78.4 Å². The number of ketones is 1. The molecule has 0 radical (unpaired) electrons. The highest BCUT2D eigenvalue weighted by Gasteiger charge is 2.27. The number of carbonyl (C=O) groups is 3. The minimum absolute atomic E-state index is 0.0980. The van der Waals surface area contributed by atoms with E-state index < -0.39 is 23.6 Å². The number of rotatable bonds is 7. The lowest BCUT2D eigenvalue weighted by atomic mass is 10.0. The van der Waals surface area contributed by atoms with Crippen LogP contribution in [0.15, 0.2) is 67.1 Å². The Balaban J connectivity index is 1.84. The number of Topliss-reactive ketones (excluding diaryl/α,β-unsaturated/α-hetero) is 1. The number of hydrogen-bond donors (Lipinski definition) is 2. The largest absolute Gasteiger partial charge is 0.363 e. The molecule has 0 saturated carbocycles. The first-order valence-electron chi connectivity index (χ1n) is 8.19. The van der Waals surface area contributed by atoms with E-state index in [0.717, 1.165) is 0 Å². The van der Waals surface area contributed by atoms with Gasteiger partial charge in [-0.25, -0.2) is 4.68 Å². The fourth-order valence-corrected chi connectivity index (χ4v) is 2.62. The molecule has 27 heavy (non-hydrogen) atoms. The number of hydrogen-bond acceptors (Lipinski definition) is 5. The highest BCUT2D eigenvalue weighted by Crippen LogP contribution is 2.11. The number of pyridine rings is 1. The molecule has 1 aromatic carbocycles. The maximum absolute atomic E-state index is 12.7. The number of aromatic nitrogens is 3. The molecule has 8 heteroatoms. The van der Waals surface area contributed by atoms with E-state index in [-0.39, 0.29) is 12.1 Å². The minimum atomic E-state index is -1.11. The van der Waals surface area contributed by atoms with Crippen LogP contribution in [0.2, 0.25) is 0 Å². The Morgan fingerprint density at radius 2 is 1.81 bits per heavy atom. The number of primary amides is 1. The van der Waals surface area contributed by atoms with Gasteiger partial charge >= 0.3 is 0 Å². The summed E-state index contributed by atoms with van der Waals surface area (Å²) in [6, 6.07) is 13.0. The third-order valence-corrected chi connectivity index (χ3v) is 3.90. The zero-order chi connectivity index (χ0) is 19.2. The average molecular weight is 363 g/mol. The summed E-state index contributed by atoms with van der Waals surface area (Å²) in [5, 5.41) is 6.73. The van der Waals surface area contributed by atoms with Crippen molar-refractivity contribution >= 4 is 17.6 Å². The predicted octanol–water partition coefficient (Wildman–Crippen LogP) is 0.663. The molecule has 8 nitrogen and oxygen atoms in total. The molecule has 1 unspecified atom stereocenters. The molecule has 2 aromatic heterocycles. The van der Waals surface area contributed by atoms with Gasteiger partial charge in [-0.15, -0.1) is 0 Å². The van der Waals surface area contributed by atoms with Crippen molar-refractivity contribution in [1.82, 2.24) is 20.1 Å². The van der Waals surface area contributed by atoms with E-state index in [1.54, 1.807) is 36.7 Å². The number of carbonyl (C=O) groups excluding carboxylic acids is 3. The topological polar surface area (TPSA) is 120 Å². The Bertz CT molecular complexity index is 954. The highest BCUT2D eigenvalue weighted by atomic mass is 16.2. The lowest BCUT2D eigenvalue weighted by molar-refractivity contribution is -0.137. The Morgan fingerprint density at radius 3 is 2.48 bits per heavy atom. The number of nitrogens with zero attached hydrogens (tertiary/aromatic N) is 3. The Labute approximate surface area is 155 Å². The standard InChI is InChI=1S/C19H17N5O3/c20-18(26)17(25)15(11-13-5-4-9-21-12-13)23-19(27)16-8-10-22-24(16)14-6-2-1-3-7-14/h1-10,12,15H,11H2,(H2,20,26)(H,23,27). The van der Waals surface area contributed by atoms with E-state index in [2.05, 4.69) is 15.4 Å². The van der Waals surface area contributed by atoms with Gasteiger partial charge in [0, 0.05) is 18.8 Å². The molecule has 1 atom stereocenters. The third-order valence-electron chi connectivity index (χ3n) is 3.90. The van der Waals surface area contributed by atoms with Crippen molar-refractivity contribution in [3.63, 3.8) is 0 Å². The van der Waals surface area contributed by atoms with Crippen LogP contribution >= 0.6 is 0 Å². The van der Waals surface area contributed by atoms with Crippen LogP contribution in [-0.2, 0) is 16.0 Å². The quantitative estimate of drug-likeness (QED) is 0.598. The first-order valence-corrected chi connectivity index (χ1v) is 8.19. The van der Waals surface area contributed by atoms with Gasteiger partial charge in [-0.3, -0.25) is 19.4 Å². The van der Waals surface area contributed by atoms with Gasteiger partial charge in [-0.05, 0) is 29.8 Å². The number of nitrogens with one attached hydrogen (secondary N) is 1. The maximum Gasteiger partial charge on any atom is 0.287 e. The van der Waals surface area contributed by atoms with Crippen molar-refractivity contribution in [2.45, 2.75) is 12.5 Å². The molecule has 2 heterocycles. The van der Waals surface area contributed by atoms with Gasteiger partial charge in [0.05, 0.1) is 11.9 Å². The molecule has 0 aliphatic rings. The molecule has 3 N–H and O–H groups in total. The fraction of sp³-hybridized carbons (Fsp3) is 0.105. The van der Waals surface area contributed by atoms with E-state index in [1.807, 2.05) is 18.2 Å². The SMILES string of the molecule is NC(=O)C(=O)C(Cc1cccnc1)NC(=O)c1ccnn1-c1ccccc1. The zero-order valence-electron chi connectivity index (χ0n) is 14.3. The molecular weight excluding hydrogens is 346 g/mol. The molecule has 0 fully saturated rings. The van der Waals surface area contributed by atoms with Crippen molar-refractivity contribution in [1.29, 1.82) is 0 Å². The number of benzene rings is 1. The molecule has 0 aliphatic heterocycles. The first kappa shape index (κ1) is 18.0. The normalized spacial score (nSPS) is 11.6. The van der Waals surface area contributed by atoms with Crippen molar-refractivity contribution in [2.75, 3.05) is 0 Å². The van der Waals surface area contributed by atoms with Crippen molar-refractivity contribution < 1.29 is 14.4 Å². The molecule has 3 aromatic rings.